The minimum Gasteiger partial charge on any atom is -0.481 e. The maximum absolute atomic E-state index is 11.5. The molecule has 0 aliphatic carbocycles. The minimum absolute atomic E-state index is 0.310. The van der Waals surface area contributed by atoms with E-state index in [0.717, 1.165) is 0 Å². The van der Waals surface area contributed by atoms with Crippen LogP contribution in [0.2, 0.25) is 0 Å². The highest BCUT2D eigenvalue weighted by Gasteiger charge is 2.41. The summed E-state index contributed by atoms with van der Waals surface area (Å²) in [6.45, 7) is 3.89. The molecule has 0 radical (unpaired) electrons. The van der Waals surface area contributed by atoms with Crippen LogP contribution in [-0.4, -0.2) is 35.6 Å². The molecule has 0 spiro atoms. The molecule has 0 saturated carbocycles. The summed E-state index contributed by atoms with van der Waals surface area (Å²) in [5, 5.41) is 9.41. The molecule has 19 heavy (non-hydrogen) atoms. The zero-order valence-electron chi connectivity index (χ0n) is 11.1. The number of carboxylic acids is 1. The van der Waals surface area contributed by atoms with Crippen LogP contribution in [-0.2, 0) is 14.3 Å². The molecule has 1 heterocycles. The van der Waals surface area contributed by atoms with Crippen molar-refractivity contribution in [2.75, 3.05) is 6.61 Å². The lowest BCUT2D eigenvalue weighted by Crippen LogP contribution is -2.45. The Balaban J connectivity index is 2.19. The standard InChI is InChI=1S/C14H19NO4/c1-14(2)18-8-10(19-14)12(15)11(13(16)17)9-6-4-3-5-7-9/h3-7,10-12H,8,15H2,1-2H3,(H,16,17)/t10-,11+,12+/m1/s1. The van der Waals surface area contributed by atoms with Crippen molar-refractivity contribution in [2.24, 2.45) is 5.73 Å². The van der Waals surface area contributed by atoms with Gasteiger partial charge in [0.1, 0.15) is 6.10 Å². The fourth-order valence-corrected chi connectivity index (χ4v) is 2.31. The molecule has 1 fully saturated rings. The van der Waals surface area contributed by atoms with Gasteiger partial charge in [-0.15, -0.1) is 0 Å². The Morgan fingerprint density at radius 2 is 2.05 bits per heavy atom. The van der Waals surface area contributed by atoms with Gasteiger partial charge in [-0.25, -0.2) is 0 Å². The van der Waals surface area contributed by atoms with Crippen molar-refractivity contribution in [1.82, 2.24) is 0 Å². The van der Waals surface area contributed by atoms with E-state index in [2.05, 4.69) is 0 Å². The first kappa shape index (κ1) is 14.0. The summed E-state index contributed by atoms with van der Waals surface area (Å²) in [5.74, 6) is -2.46. The van der Waals surface area contributed by atoms with Crippen LogP contribution in [0.3, 0.4) is 0 Å². The maximum atomic E-state index is 11.5. The number of benzene rings is 1. The topological polar surface area (TPSA) is 81.8 Å². The smallest absolute Gasteiger partial charge is 0.312 e. The SMILES string of the molecule is CC1(C)OC[C@H]([C@H](N)[C@@H](C(=O)O)c2ccccc2)O1. The molecular weight excluding hydrogens is 246 g/mol. The van der Waals surface area contributed by atoms with E-state index in [4.69, 9.17) is 15.2 Å². The van der Waals surface area contributed by atoms with E-state index < -0.39 is 29.8 Å². The van der Waals surface area contributed by atoms with Gasteiger partial charge in [0, 0.05) is 0 Å². The van der Waals surface area contributed by atoms with Gasteiger partial charge in [-0.1, -0.05) is 30.3 Å². The first-order valence-electron chi connectivity index (χ1n) is 6.26. The maximum Gasteiger partial charge on any atom is 0.312 e. The highest BCUT2D eigenvalue weighted by molar-refractivity contribution is 5.77. The number of hydrogen-bond acceptors (Lipinski definition) is 4. The van der Waals surface area contributed by atoms with E-state index in [1.54, 1.807) is 38.1 Å². The highest BCUT2D eigenvalue weighted by atomic mass is 16.7. The first-order chi connectivity index (χ1) is 8.91. The lowest BCUT2D eigenvalue weighted by molar-refractivity contribution is -0.148. The number of ether oxygens (including phenoxy) is 2. The predicted molar refractivity (Wildman–Crippen MR) is 69.7 cm³/mol. The van der Waals surface area contributed by atoms with E-state index in [1.807, 2.05) is 6.07 Å². The molecule has 0 amide bonds. The van der Waals surface area contributed by atoms with Crippen molar-refractivity contribution < 1.29 is 19.4 Å². The average Bonchev–Trinajstić information content (AvgIpc) is 2.71. The Kier molecular flexibility index (Phi) is 3.89. The van der Waals surface area contributed by atoms with Crippen LogP contribution in [0, 0.1) is 0 Å². The number of rotatable bonds is 4. The monoisotopic (exact) mass is 265 g/mol. The summed E-state index contributed by atoms with van der Waals surface area (Å²) in [7, 11) is 0. The number of carboxylic acid groups (broad SMARTS) is 1. The second kappa shape index (κ2) is 5.28. The van der Waals surface area contributed by atoms with Crippen LogP contribution in [0.5, 0.6) is 0 Å². The van der Waals surface area contributed by atoms with Gasteiger partial charge >= 0.3 is 5.97 Å². The molecule has 0 unspecified atom stereocenters. The molecule has 1 aliphatic rings. The quantitative estimate of drug-likeness (QED) is 0.858. The van der Waals surface area contributed by atoms with Crippen molar-refractivity contribution in [3.63, 3.8) is 0 Å². The van der Waals surface area contributed by atoms with E-state index in [0.29, 0.717) is 12.2 Å². The van der Waals surface area contributed by atoms with Crippen molar-refractivity contribution in [3.05, 3.63) is 35.9 Å². The van der Waals surface area contributed by atoms with Gasteiger partial charge < -0.3 is 20.3 Å². The van der Waals surface area contributed by atoms with Crippen LogP contribution >= 0.6 is 0 Å². The molecule has 0 bridgehead atoms. The normalized spacial score (nSPS) is 24.9. The van der Waals surface area contributed by atoms with Gasteiger partial charge in [-0.2, -0.15) is 0 Å². The third-order valence-corrected chi connectivity index (χ3v) is 3.27. The number of nitrogens with two attached hydrogens (primary N) is 1. The van der Waals surface area contributed by atoms with Crippen LogP contribution < -0.4 is 5.73 Å². The molecule has 1 aromatic carbocycles. The Morgan fingerprint density at radius 3 is 2.53 bits per heavy atom. The number of carbonyl (C=O) groups is 1. The average molecular weight is 265 g/mol. The fourth-order valence-electron chi connectivity index (χ4n) is 2.31. The Bertz CT molecular complexity index is 446. The summed E-state index contributed by atoms with van der Waals surface area (Å²) in [5.41, 5.74) is 6.77. The first-order valence-corrected chi connectivity index (χ1v) is 6.26. The van der Waals surface area contributed by atoms with Crippen molar-refractivity contribution in [2.45, 2.75) is 37.7 Å². The molecule has 5 nitrogen and oxygen atoms in total. The van der Waals surface area contributed by atoms with Gasteiger partial charge in [0.15, 0.2) is 5.79 Å². The summed E-state index contributed by atoms with van der Waals surface area (Å²) >= 11 is 0. The second-order valence-corrected chi connectivity index (χ2v) is 5.17. The lowest BCUT2D eigenvalue weighted by atomic mass is 9.89. The van der Waals surface area contributed by atoms with Crippen molar-refractivity contribution in [1.29, 1.82) is 0 Å². The molecule has 2 rings (SSSR count). The molecule has 1 saturated heterocycles. The van der Waals surface area contributed by atoms with Crippen LogP contribution in [0.4, 0.5) is 0 Å². The number of hydrogen-bond donors (Lipinski definition) is 2. The molecule has 5 heteroatoms. The van der Waals surface area contributed by atoms with Gasteiger partial charge in [-0.05, 0) is 19.4 Å². The van der Waals surface area contributed by atoms with Crippen molar-refractivity contribution >= 4 is 5.97 Å². The molecule has 3 atom stereocenters. The molecule has 104 valence electrons. The fraction of sp³-hybridized carbons (Fsp3) is 0.500. The molecule has 1 aromatic rings. The van der Waals surface area contributed by atoms with Crippen LogP contribution in [0.15, 0.2) is 30.3 Å². The summed E-state index contributed by atoms with van der Waals surface area (Å²) < 4.78 is 11.1. The molecule has 1 aliphatic heterocycles. The third-order valence-electron chi connectivity index (χ3n) is 3.27. The van der Waals surface area contributed by atoms with Crippen molar-refractivity contribution in [3.8, 4) is 0 Å². The third kappa shape index (κ3) is 3.12. The summed E-state index contributed by atoms with van der Waals surface area (Å²) in [6.07, 6.45) is -0.420. The van der Waals surface area contributed by atoms with E-state index >= 15 is 0 Å². The number of aliphatic carboxylic acids is 1. The van der Waals surface area contributed by atoms with E-state index in [-0.39, 0.29) is 0 Å². The van der Waals surface area contributed by atoms with Gasteiger partial charge in [0.25, 0.3) is 0 Å². The van der Waals surface area contributed by atoms with Crippen LogP contribution in [0.1, 0.15) is 25.3 Å². The van der Waals surface area contributed by atoms with Gasteiger partial charge in [0.05, 0.1) is 18.6 Å². The molecule has 0 aromatic heterocycles. The second-order valence-electron chi connectivity index (χ2n) is 5.17. The summed E-state index contributed by atoms with van der Waals surface area (Å²) in [6, 6.07) is 8.31. The highest BCUT2D eigenvalue weighted by Crippen LogP contribution is 2.29. The van der Waals surface area contributed by atoms with Gasteiger partial charge in [-0.3, -0.25) is 4.79 Å². The summed E-state index contributed by atoms with van der Waals surface area (Å²) in [4.78, 5) is 11.5. The molecule has 3 N–H and O–H groups in total. The lowest BCUT2D eigenvalue weighted by Gasteiger charge is -2.26. The predicted octanol–water partition coefficient (Wildman–Crippen LogP) is 1.33. The van der Waals surface area contributed by atoms with E-state index in [1.165, 1.54) is 0 Å². The zero-order valence-corrected chi connectivity index (χ0v) is 11.1. The van der Waals surface area contributed by atoms with Crippen LogP contribution in [0.25, 0.3) is 0 Å². The zero-order chi connectivity index (χ0) is 14.0. The largest absolute Gasteiger partial charge is 0.481 e. The minimum atomic E-state index is -0.952. The van der Waals surface area contributed by atoms with E-state index in [9.17, 15) is 9.90 Å². The molecular formula is C14H19NO4. The Hall–Kier alpha value is -1.43. The Morgan fingerprint density at radius 1 is 1.42 bits per heavy atom. The van der Waals surface area contributed by atoms with Gasteiger partial charge in [0.2, 0.25) is 0 Å². The Labute approximate surface area is 112 Å².